The highest BCUT2D eigenvalue weighted by atomic mass is 32.1. The molecule has 1 aromatic carbocycles. The Labute approximate surface area is 115 Å². The lowest BCUT2D eigenvalue weighted by molar-refractivity contribution is 0.0698. The first-order valence-corrected chi connectivity index (χ1v) is 6.54. The van der Waals surface area contributed by atoms with E-state index in [1.807, 2.05) is 26.0 Å². The van der Waals surface area contributed by atoms with Gasteiger partial charge in [0.2, 0.25) is 0 Å². The standard InChI is InChI=1S/C14H15NO3S/c1-7-5-11(18-3)8(2)4-9(7)12-6-10(14(16)17)13(15)19-12/h4-6H,15H2,1-3H3,(H,16,17). The zero-order valence-electron chi connectivity index (χ0n) is 11.0. The maximum Gasteiger partial charge on any atom is 0.338 e. The highest BCUT2D eigenvalue weighted by Crippen LogP contribution is 2.37. The molecule has 2 aromatic rings. The number of carboxylic acids is 1. The Morgan fingerprint density at radius 3 is 2.47 bits per heavy atom. The molecule has 0 aliphatic heterocycles. The Hall–Kier alpha value is -2.01. The van der Waals surface area contributed by atoms with Crippen molar-refractivity contribution in [2.24, 2.45) is 0 Å². The number of hydrogen-bond donors (Lipinski definition) is 2. The number of nitrogen functional groups attached to an aromatic ring is 1. The molecule has 1 aromatic heterocycles. The van der Waals surface area contributed by atoms with Crippen LogP contribution in [0, 0.1) is 13.8 Å². The van der Waals surface area contributed by atoms with Crippen LogP contribution < -0.4 is 10.5 Å². The molecule has 0 unspecified atom stereocenters. The molecule has 0 aliphatic carbocycles. The van der Waals surface area contributed by atoms with Crippen LogP contribution in [0.3, 0.4) is 0 Å². The van der Waals surface area contributed by atoms with E-state index in [9.17, 15) is 4.79 Å². The van der Waals surface area contributed by atoms with E-state index >= 15 is 0 Å². The lowest BCUT2D eigenvalue weighted by Gasteiger charge is -2.09. The molecule has 0 radical (unpaired) electrons. The van der Waals surface area contributed by atoms with E-state index in [1.54, 1.807) is 13.2 Å². The zero-order valence-corrected chi connectivity index (χ0v) is 11.8. The van der Waals surface area contributed by atoms with E-state index < -0.39 is 5.97 Å². The van der Waals surface area contributed by atoms with E-state index in [-0.39, 0.29) is 5.56 Å². The number of nitrogens with two attached hydrogens (primary N) is 1. The molecule has 0 aliphatic rings. The number of aromatic carboxylic acids is 1. The van der Waals surface area contributed by atoms with Gasteiger partial charge in [-0.3, -0.25) is 0 Å². The number of carboxylic acid groups (broad SMARTS) is 1. The predicted octanol–water partition coefficient (Wildman–Crippen LogP) is 3.32. The minimum atomic E-state index is -0.997. The third kappa shape index (κ3) is 2.42. The molecule has 2 rings (SSSR count). The van der Waals surface area contributed by atoms with Crippen molar-refractivity contribution in [2.75, 3.05) is 12.8 Å². The van der Waals surface area contributed by atoms with Gasteiger partial charge in [0.25, 0.3) is 0 Å². The molecule has 0 saturated heterocycles. The first kappa shape index (κ1) is 13.4. The lowest BCUT2D eigenvalue weighted by Crippen LogP contribution is -1.97. The quantitative estimate of drug-likeness (QED) is 0.902. The first-order valence-electron chi connectivity index (χ1n) is 5.72. The molecular weight excluding hydrogens is 262 g/mol. The Bertz CT molecular complexity index is 646. The van der Waals surface area contributed by atoms with Crippen molar-refractivity contribution in [2.45, 2.75) is 13.8 Å². The minimum Gasteiger partial charge on any atom is -0.496 e. The second kappa shape index (κ2) is 4.93. The van der Waals surface area contributed by atoms with Crippen molar-refractivity contribution in [1.82, 2.24) is 0 Å². The van der Waals surface area contributed by atoms with Crippen molar-refractivity contribution in [3.8, 4) is 16.2 Å². The summed E-state index contributed by atoms with van der Waals surface area (Å²) in [5.74, 6) is -0.174. The number of rotatable bonds is 3. The van der Waals surface area contributed by atoms with Crippen LogP contribution in [0.2, 0.25) is 0 Å². The summed E-state index contributed by atoms with van der Waals surface area (Å²) in [4.78, 5) is 11.9. The minimum absolute atomic E-state index is 0.160. The van der Waals surface area contributed by atoms with Gasteiger partial charge in [-0.05, 0) is 48.7 Å². The Morgan fingerprint density at radius 1 is 1.26 bits per heavy atom. The third-order valence-corrected chi connectivity index (χ3v) is 4.00. The maximum atomic E-state index is 11.0. The molecule has 100 valence electrons. The van der Waals surface area contributed by atoms with E-state index in [2.05, 4.69) is 0 Å². The molecule has 0 spiro atoms. The van der Waals surface area contributed by atoms with E-state index in [0.717, 1.165) is 27.3 Å². The fourth-order valence-electron chi connectivity index (χ4n) is 1.98. The van der Waals surface area contributed by atoms with Crippen LogP contribution in [-0.2, 0) is 0 Å². The normalized spacial score (nSPS) is 10.5. The van der Waals surface area contributed by atoms with Gasteiger partial charge in [0.1, 0.15) is 10.8 Å². The third-order valence-electron chi connectivity index (χ3n) is 3.00. The number of aryl methyl sites for hydroxylation is 2. The maximum absolute atomic E-state index is 11.0. The molecule has 0 bridgehead atoms. The summed E-state index contributed by atoms with van der Waals surface area (Å²) >= 11 is 1.29. The summed E-state index contributed by atoms with van der Waals surface area (Å²) in [6.07, 6.45) is 0. The molecular formula is C14H15NO3S. The first-order chi connectivity index (χ1) is 8.93. The van der Waals surface area contributed by atoms with Crippen LogP contribution in [0.1, 0.15) is 21.5 Å². The van der Waals surface area contributed by atoms with Crippen LogP contribution in [0.4, 0.5) is 5.00 Å². The second-order valence-electron chi connectivity index (χ2n) is 4.33. The molecule has 19 heavy (non-hydrogen) atoms. The number of carbonyl (C=O) groups is 1. The molecule has 0 fully saturated rings. The van der Waals surface area contributed by atoms with Crippen molar-refractivity contribution >= 4 is 22.3 Å². The molecule has 4 nitrogen and oxygen atoms in total. The molecule has 3 N–H and O–H groups in total. The highest BCUT2D eigenvalue weighted by Gasteiger charge is 2.16. The van der Waals surface area contributed by atoms with Gasteiger partial charge in [-0.15, -0.1) is 11.3 Å². The number of hydrogen-bond acceptors (Lipinski definition) is 4. The second-order valence-corrected chi connectivity index (χ2v) is 5.41. The van der Waals surface area contributed by atoms with Gasteiger partial charge in [-0.2, -0.15) is 0 Å². The van der Waals surface area contributed by atoms with Gasteiger partial charge in [-0.1, -0.05) is 0 Å². The fraction of sp³-hybridized carbons (Fsp3) is 0.214. The average Bonchev–Trinajstić information content (AvgIpc) is 2.73. The van der Waals surface area contributed by atoms with E-state index in [1.165, 1.54) is 11.3 Å². The van der Waals surface area contributed by atoms with Crippen LogP contribution in [0.5, 0.6) is 5.75 Å². The molecule has 5 heteroatoms. The summed E-state index contributed by atoms with van der Waals surface area (Å²) in [6.45, 7) is 3.92. The number of thiophene rings is 1. The predicted molar refractivity (Wildman–Crippen MR) is 77.2 cm³/mol. The average molecular weight is 277 g/mol. The van der Waals surface area contributed by atoms with Crippen molar-refractivity contribution in [1.29, 1.82) is 0 Å². The summed E-state index contributed by atoms with van der Waals surface area (Å²) in [7, 11) is 1.63. The van der Waals surface area contributed by atoms with Crippen molar-refractivity contribution < 1.29 is 14.6 Å². The molecule has 0 atom stereocenters. The van der Waals surface area contributed by atoms with Gasteiger partial charge in [0.15, 0.2) is 0 Å². The van der Waals surface area contributed by atoms with Crippen LogP contribution >= 0.6 is 11.3 Å². The van der Waals surface area contributed by atoms with E-state index in [0.29, 0.717) is 5.00 Å². The number of anilines is 1. The Balaban J connectivity index is 2.56. The van der Waals surface area contributed by atoms with Crippen molar-refractivity contribution in [3.63, 3.8) is 0 Å². The Morgan fingerprint density at radius 2 is 1.95 bits per heavy atom. The van der Waals surface area contributed by atoms with Gasteiger partial charge in [0, 0.05) is 4.88 Å². The molecule has 1 heterocycles. The number of benzene rings is 1. The fourth-order valence-corrected chi connectivity index (χ4v) is 2.98. The topological polar surface area (TPSA) is 72.5 Å². The lowest BCUT2D eigenvalue weighted by atomic mass is 10.0. The van der Waals surface area contributed by atoms with Gasteiger partial charge in [0.05, 0.1) is 12.7 Å². The van der Waals surface area contributed by atoms with Crippen LogP contribution in [0.15, 0.2) is 18.2 Å². The zero-order chi connectivity index (χ0) is 14.2. The molecule has 0 amide bonds. The summed E-state index contributed by atoms with van der Waals surface area (Å²) in [6, 6.07) is 5.56. The summed E-state index contributed by atoms with van der Waals surface area (Å²) < 4.78 is 5.27. The monoisotopic (exact) mass is 277 g/mol. The largest absolute Gasteiger partial charge is 0.496 e. The van der Waals surface area contributed by atoms with Gasteiger partial charge < -0.3 is 15.6 Å². The number of methoxy groups -OCH3 is 1. The smallest absolute Gasteiger partial charge is 0.338 e. The SMILES string of the molecule is COc1cc(C)c(-c2cc(C(=O)O)c(N)s2)cc1C. The van der Waals surface area contributed by atoms with E-state index in [4.69, 9.17) is 15.6 Å². The summed E-state index contributed by atoms with van der Waals surface area (Å²) in [5.41, 5.74) is 8.92. The summed E-state index contributed by atoms with van der Waals surface area (Å²) in [5, 5.41) is 9.37. The van der Waals surface area contributed by atoms with Crippen LogP contribution in [-0.4, -0.2) is 18.2 Å². The Kier molecular flexibility index (Phi) is 3.48. The van der Waals surface area contributed by atoms with Crippen molar-refractivity contribution in [3.05, 3.63) is 34.9 Å². The van der Waals surface area contributed by atoms with Gasteiger partial charge >= 0.3 is 5.97 Å². The number of ether oxygens (including phenoxy) is 1. The van der Waals surface area contributed by atoms with Crippen LogP contribution in [0.25, 0.3) is 10.4 Å². The highest BCUT2D eigenvalue weighted by molar-refractivity contribution is 7.19. The van der Waals surface area contributed by atoms with Gasteiger partial charge in [-0.25, -0.2) is 4.79 Å². The molecule has 0 saturated carbocycles.